The fourth-order valence-electron chi connectivity index (χ4n) is 0.326. The van der Waals surface area contributed by atoms with E-state index in [1.54, 1.807) is 6.92 Å². The quantitative estimate of drug-likeness (QED) is 0.233. The SMILES string of the molecule is CCOC(=O)/C=C/C(=O)[O-].[Li+]. The molecule has 0 unspecified atom stereocenters. The van der Waals surface area contributed by atoms with Gasteiger partial charge in [0.1, 0.15) is 0 Å². The van der Waals surface area contributed by atoms with Gasteiger partial charge in [0.25, 0.3) is 0 Å². The van der Waals surface area contributed by atoms with E-state index in [0.29, 0.717) is 6.08 Å². The first-order valence-corrected chi connectivity index (χ1v) is 2.72. The number of hydrogen-bond acceptors (Lipinski definition) is 4. The Bertz CT molecular complexity index is 164. The first-order valence-electron chi connectivity index (χ1n) is 2.72. The van der Waals surface area contributed by atoms with Crippen LogP contribution in [0.5, 0.6) is 0 Å². The van der Waals surface area contributed by atoms with Crippen LogP contribution in [0.25, 0.3) is 0 Å². The third-order valence-electron chi connectivity index (χ3n) is 0.642. The smallest absolute Gasteiger partial charge is 0.545 e. The summed E-state index contributed by atoms with van der Waals surface area (Å²) in [7, 11) is 0. The molecule has 0 aromatic rings. The van der Waals surface area contributed by atoms with Crippen LogP contribution in [-0.2, 0) is 14.3 Å². The van der Waals surface area contributed by atoms with Crippen LogP contribution < -0.4 is 24.0 Å². The number of carbonyl (C=O) groups is 2. The van der Waals surface area contributed by atoms with Crippen molar-refractivity contribution in [3.63, 3.8) is 0 Å². The molecule has 11 heavy (non-hydrogen) atoms. The maximum Gasteiger partial charge on any atom is 1.00 e. The minimum Gasteiger partial charge on any atom is -0.545 e. The molecule has 0 saturated carbocycles. The Kier molecular flexibility index (Phi) is 8.67. The molecule has 0 saturated heterocycles. The van der Waals surface area contributed by atoms with Crippen molar-refractivity contribution >= 4 is 11.9 Å². The van der Waals surface area contributed by atoms with E-state index in [2.05, 4.69) is 4.74 Å². The van der Waals surface area contributed by atoms with Crippen LogP contribution in [0.15, 0.2) is 12.2 Å². The van der Waals surface area contributed by atoms with E-state index in [9.17, 15) is 14.7 Å². The second kappa shape index (κ2) is 7.39. The number of esters is 1. The number of carbonyl (C=O) groups excluding carboxylic acids is 2. The minimum atomic E-state index is -1.41. The van der Waals surface area contributed by atoms with Gasteiger partial charge in [0.05, 0.1) is 12.6 Å². The average Bonchev–Trinajstić information content (AvgIpc) is 1.85. The predicted molar refractivity (Wildman–Crippen MR) is 30.8 cm³/mol. The summed E-state index contributed by atoms with van der Waals surface area (Å²) in [6.45, 7) is 1.86. The molecule has 0 bridgehead atoms. The molecule has 0 radical (unpaired) electrons. The van der Waals surface area contributed by atoms with Crippen molar-refractivity contribution in [1.82, 2.24) is 0 Å². The van der Waals surface area contributed by atoms with Crippen molar-refractivity contribution in [2.24, 2.45) is 0 Å². The summed E-state index contributed by atoms with van der Waals surface area (Å²) >= 11 is 0. The topological polar surface area (TPSA) is 66.4 Å². The molecule has 0 aromatic carbocycles. The fraction of sp³-hybridized carbons (Fsp3) is 0.333. The maximum atomic E-state index is 10.3. The zero-order chi connectivity index (χ0) is 7.98. The maximum absolute atomic E-state index is 10.3. The molecule has 0 aliphatic heterocycles. The third kappa shape index (κ3) is 9.28. The van der Waals surface area contributed by atoms with Crippen molar-refractivity contribution in [3.05, 3.63) is 12.2 Å². The number of carboxylic acid groups (broad SMARTS) is 1. The van der Waals surface area contributed by atoms with Crippen molar-refractivity contribution in [1.29, 1.82) is 0 Å². The monoisotopic (exact) mass is 150 g/mol. The molecule has 0 fully saturated rings. The average molecular weight is 150 g/mol. The summed E-state index contributed by atoms with van der Waals surface area (Å²) in [6, 6.07) is 0. The van der Waals surface area contributed by atoms with Crippen LogP contribution in [0.2, 0.25) is 0 Å². The van der Waals surface area contributed by atoms with Gasteiger partial charge in [-0.25, -0.2) is 4.79 Å². The van der Waals surface area contributed by atoms with Gasteiger partial charge < -0.3 is 14.6 Å². The Morgan fingerprint density at radius 2 is 2.00 bits per heavy atom. The number of hydrogen-bond donors (Lipinski definition) is 0. The van der Waals surface area contributed by atoms with Gasteiger partial charge in [-0.3, -0.25) is 0 Å². The van der Waals surface area contributed by atoms with Gasteiger partial charge in [-0.15, -0.1) is 0 Å². The second-order valence-corrected chi connectivity index (χ2v) is 1.40. The summed E-state index contributed by atoms with van der Waals surface area (Å²) in [4.78, 5) is 20.0. The second-order valence-electron chi connectivity index (χ2n) is 1.40. The van der Waals surface area contributed by atoms with Crippen LogP contribution in [0, 0.1) is 0 Å². The first-order chi connectivity index (χ1) is 4.66. The normalized spacial score (nSPS) is 8.82. The first kappa shape index (κ1) is 12.9. The van der Waals surface area contributed by atoms with Gasteiger partial charge in [0, 0.05) is 6.08 Å². The molecular formula is C6H7LiO4. The Balaban J connectivity index is 0. The number of rotatable bonds is 3. The molecule has 4 nitrogen and oxygen atoms in total. The molecule has 5 heteroatoms. The van der Waals surface area contributed by atoms with E-state index in [1.807, 2.05) is 0 Å². The van der Waals surface area contributed by atoms with Gasteiger partial charge in [-0.05, 0) is 13.0 Å². The van der Waals surface area contributed by atoms with Crippen LogP contribution in [0.4, 0.5) is 0 Å². The standard InChI is InChI=1S/C6H8O4.Li/c1-2-10-6(9)4-3-5(7)8;/h3-4H,2H2,1H3,(H,7,8);/q;+1/p-1/b4-3+;. The minimum absolute atomic E-state index is 0. The molecule has 0 rings (SSSR count). The van der Waals surface area contributed by atoms with E-state index in [-0.39, 0.29) is 25.5 Å². The molecule has 0 aromatic heterocycles. The van der Waals surface area contributed by atoms with E-state index in [4.69, 9.17) is 0 Å². The molecule has 0 amide bonds. The molecule has 0 heterocycles. The summed E-state index contributed by atoms with van der Waals surface area (Å²) in [5.74, 6) is -2.08. The molecule has 0 atom stereocenters. The molecule has 0 N–H and O–H groups in total. The molecule has 56 valence electrons. The predicted octanol–water partition coefficient (Wildman–Crippen LogP) is -4.14. The summed E-state index contributed by atoms with van der Waals surface area (Å²) in [5.41, 5.74) is 0. The van der Waals surface area contributed by atoms with Crippen LogP contribution >= 0.6 is 0 Å². The largest absolute Gasteiger partial charge is 1.00 e. The number of carboxylic acids is 1. The Morgan fingerprint density at radius 1 is 1.45 bits per heavy atom. The van der Waals surface area contributed by atoms with E-state index in [0.717, 1.165) is 6.08 Å². The van der Waals surface area contributed by atoms with E-state index < -0.39 is 11.9 Å². The Labute approximate surface area is 76.4 Å². The number of ether oxygens (including phenoxy) is 1. The van der Waals surface area contributed by atoms with E-state index >= 15 is 0 Å². The van der Waals surface area contributed by atoms with Gasteiger partial charge >= 0.3 is 24.8 Å². The van der Waals surface area contributed by atoms with Gasteiger partial charge in [-0.2, -0.15) is 0 Å². The van der Waals surface area contributed by atoms with Crippen molar-refractivity contribution in [2.45, 2.75) is 6.92 Å². The van der Waals surface area contributed by atoms with Gasteiger partial charge in [0.2, 0.25) is 0 Å². The molecule has 0 aliphatic rings. The zero-order valence-corrected chi connectivity index (χ0v) is 6.49. The van der Waals surface area contributed by atoms with Gasteiger partial charge in [0.15, 0.2) is 0 Å². The summed E-state index contributed by atoms with van der Waals surface area (Å²) in [6.07, 6.45) is 1.43. The summed E-state index contributed by atoms with van der Waals surface area (Å²) in [5, 5.41) is 9.70. The molecule has 0 spiro atoms. The zero-order valence-electron chi connectivity index (χ0n) is 6.49. The fourth-order valence-corrected chi connectivity index (χ4v) is 0.326. The molecule has 0 aliphatic carbocycles. The van der Waals surface area contributed by atoms with Gasteiger partial charge in [-0.1, -0.05) is 0 Å². The van der Waals surface area contributed by atoms with E-state index in [1.165, 1.54) is 0 Å². The number of aliphatic carboxylic acids is 1. The van der Waals surface area contributed by atoms with Crippen molar-refractivity contribution in [3.8, 4) is 0 Å². The van der Waals surface area contributed by atoms with Crippen molar-refractivity contribution < 1.29 is 38.3 Å². The van der Waals surface area contributed by atoms with Crippen LogP contribution in [0.1, 0.15) is 6.92 Å². The summed E-state index contributed by atoms with van der Waals surface area (Å²) < 4.78 is 4.38. The van der Waals surface area contributed by atoms with Crippen molar-refractivity contribution in [2.75, 3.05) is 6.61 Å². The van der Waals surface area contributed by atoms with Crippen LogP contribution in [-0.4, -0.2) is 18.5 Å². The Hall–Kier alpha value is -0.723. The molecular weight excluding hydrogens is 143 g/mol. The Morgan fingerprint density at radius 3 is 2.36 bits per heavy atom. The third-order valence-corrected chi connectivity index (χ3v) is 0.642. The van der Waals surface area contributed by atoms with Crippen LogP contribution in [0.3, 0.4) is 0 Å².